The Morgan fingerprint density at radius 1 is 1.07 bits per heavy atom. The number of aromatic nitrogens is 5. The maximum absolute atomic E-state index is 11.1. The zero-order valence-corrected chi connectivity index (χ0v) is 8.66. The Balaban J connectivity index is 0.000000531. The molecule has 0 amide bonds. The van der Waals surface area contributed by atoms with E-state index in [-0.39, 0.29) is 11.2 Å². The summed E-state index contributed by atoms with van der Waals surface area (Å²) >= 11 is 0. The van der Waals surface area contributed by atoms with Crippen LogP contribution in [-0.2, 0) is 0 Å². The van der Waals surface area contributed by atoms with Gasteiger partial charge in [0.2, 0.25) is 0 Å². The monoisotopic (exact) mass is 209 g/mol. The van der Waals surface area contributed by atoms with Gasteiger partial charge >= 0.3 is 5.69 Å². The number of H-pyrrole nitrogens is 2. The first-order valence-corrected chi connectivity index (χ1v) is 4.50. The van der Waals surface area contributed by atoms with Crippen LogP contribution in [0.4, 0.5) is 0 Å². The van der Waals surface area contributed by atoms with E-state index in [1.165, 1.54) is 0 Å². The Kier molecular flexibility index (Phi) is 3.27. The van der Waals surface area contributed by atoms with Gasteiger partial charge in [0, 0.05) is 0 Å². The van der Waals surface area contributed by atoms with Crippen molar-refractivity contribution < 1.29 is 0 Å². The molecule has 15 heavy (non-hydrogen) atoms. The predicted molar refractivity (Wildman–Crippen MR) is 54.7 cm³/mol. The lowest BCUT2D eigenvalue weighted by molar-refractivity contribution is 0.914. The Bertz CT molecular complexity index is 571. The fourth-order valence-electron chi connectivity index (χ4n) is 0.950. The van der Waals surface area contributed by atoms with Gasteiger partial charge in [0.25, 0.3) is 5.56 Å². The van der Waals surface area contributed by atoms with Gasteiger partial charge in [0.05, 0.1) is 0 Å². The number of hydrogen-bond acceptors (Lipinski definition) is 5. The fraction of sp³-hybridized carbons (Fsp3) is 0.375. The van der Waals surface area contributed by atoms with E-state index in [9.17, 15) is 9.59 Å². The summed E-state index contributed by atoms with van der Waals surface area (Å²) in [6.45, 7) is 5.61. The highest BCUT2D eigenvalue weighted by Crippen LogP contribution is 1.93. The molecule has 7 nitrogen and oxygen atoms in total. The zero-order chi connectivity index (χ0) is 11.4. The second-order valence-electron chi connectivity index (χ2n) is 2.46. The zero-order valence-electron chi connectivity index (χ0n) is 8.66. The molecule has 2 N–H and O–H groups in total. The van der Waals surface area contributed by atoms with Gasteiger partial charge in [-0.25, -0.2) is 9.78 Å². The Labute approximate surface area is 84.6 Å². The largest absolute Gasteiger partial charge is 0.327 e. The summed E-state index contributed by atoms with van der Waals surface area (Å²) in [5, 5.41) is 7.22. The Hall–Kier alpha value is -2.05. The van der Waals surface area contributed by atoms with Crippen LogP contribution >= 0.6 is 0 Å². The third kappa shape index (κ3) is 2.25. The van der Waals surface area contributed by atoms with Crippen LogP contribution < -0.4 is 11.2 Å². The van der Waals surface area contributed by atoms with E-state index in [0.717, 1.165) is 0 Å². The van der Waals surface area contributed by atoms with Crippen LogP contribution in [0.2, 0.25) is 0 Å². The summed E-state index contributed by atoms with van der Waals surface area (Å²) in [6, 6.07) is 0. The number of nitrogens with one attached hydrogen (secondary N) is 2. The molecule has 2 aromatic heterocycles. The van der Waals surface area contributed by atoms with Crippen LogP contribution in [0.25, 0.3) is 11.2 Å². The average Bonchev–Trinajstić information content (AvgIpc) is 2.22. The van der Waals surface area contributed by atoms with Gasteiger partial charge in [-0.15, -0.1) is 10.2 Å². The maximum atomic E-state index is 11.1. The van der Waals surface area contributed by atoms with Gasteiger partial charge in [0.15, 0.2) is 11.2 Å². The van der Waals surface area contributed by atoms with Crippen LogP contribution in [0.15, 0.2) is 9.59 Å². The minimum absolute atomic E-state index is 0.0899. The van der Waals surface area contributed by atoms with Crippen LogP contribution in [0.5, 0.6) is 0 Å². The van der Waals surface area contributed by atoms with Gasteiger partial charge in [-0.2, -0.15) is 0 Å². The standard InChI is InChI=1S/C6H5N5O2.C2H6/c1-2-7-3-4(11-10-2)8-6(13)9-5(3)12;1-2/h1H3,(H2,8,9,11,12,13);1-2H3. The van der Waals surface area contributed by atoms with Crippen molar-refractivity contribution in [3.8, 4) is 0 Å². The lowest BCUT2D eigenvalue weighted by Gasteiger charge is -1.93. The molecule has 0 saturated carbocycles. The van der Waals surface area contributed by atoms with Crippen LogP contribution in [-0.4, -0.2) is 25.1 Å². The molecule has 0 aliphatic carbocycles. The van der Waals surface area contributed by atoms with E-state index in [4.69, 9.17) is 0 Å². The van der Waals surface area contributed by atoms with E-state index in [1.807, 2.05) is 18.8 Å². The van der Waals surface area contributed by atoms with Crippen molar-refractivity contribution in [3.05, 3.63) is 26.7 Å². The molecule has 0 aromatic carbocycles. The van der Waals surface area contributed by atoms with E-state index in [1.54, 1.807) is 6.92 Å². The van der Waals surface area contributed by atoms with E-state index in [0.29, 0.717) is 5.82 Å². The molecule has 0 spiro atoms. The number of fused-ring (bicyclic) bond motifs is 1. The quantitative estimate of drug-likeness (QED) is 0.621. The third-order valence-electron chi connectivity index (χ3n) is 1.47. The molecular formula is C8H11N5O2. The van der Waals surface area contributed by atoms with Crippen molar-refractivity contribution in [1.29, 1.82) is 0 Å². The van der Waals surface area contributed by atoms with E-state index < -0.39 is 11.2 Å². The normalized spacial score (nSPS) is 9.53. The summed E-state index contributed by atoms with van der Waals surface area (Å²) in [5.41, 5.74) is -0.986. The average molecular weight is 209 g/mol. The molecular weight excluding hydrogens is 198 g/mol. The van der Waals surface area contributed by atoms with Gasteiger partial charge < -0.3 is 0 Å². The molecule has 2 heterocycles. The van der Waals surface area contributed by atoms with Crippen molar-refractivity contribution in [1.82, 2.24) is 25.1 Å². The van der Waals surface area contributed by atoms with Gasteiger partial charge in [-0.3, -0.25) is 14.8 Å². The van der Waals surface area contributed by atoms with E-state index >= 15 is 0 Å². The SMILES string of the molecule is CC.Cc1nnc2[nH]c(=O)[nH]c(=O)c2n1. The Morgan fingerprint density at radius 2 is 1.73 bits per heavy atom. The van der Waals surface area contributed by atoms with Crippen LogP contribution in [0.1, 0.15) is 19.7 Å². The summed E-state index contributed by atoms with van der Waals surface area (Å²) in [4.78, 5) is 30.1. The predicted octanol–water partition coefficient (Wildman–Crippen LogP) is -0.264. The third-order valence-corrected chi connectivity index (χ3v) is 1.47. The minimum Gasteiger partial charge on any atom is -0.288 e. The topological polar surface area (TPSA) is 104 Å². The highest BCUT2D eigenvalue weighted by atomic mass is 16.2. The molecule has 0 atom stereocenters. The van der Waals surface area contributed by atoms with Crippen molar-refractivity contribution in [3.63, 3.8) is 0 Å². The second kappa shape index (κ2) is 4.45. The lowest BCUT2D eigenvalue weighted by atomic mass is 10.5. The maximum Gasteiger partial charge on any atom is 0.327 e. The first-order chi connectivity index (χ1) is 7.16. The molecule has 0 saturated heterocycles. The molecule has 2 rings (SSSR count). The van der Waals surface area contributed by atoms with Crippen molar-refractivity contribution in [2.45, 2.75) is 20.8 Å². The molecule has 0 aliphatic rings. The number of rotatable bonds is 0. The number of aromatic amines is 2. The highest BCUT2D eigenvalue weighted by Gasteiger charge is 2.03. The number of hydrogen-bond donors (Lipinski definition) is 2. The molecule has 0 radical (unpaired) electrons. The summed E-state index contributed by atoms with van der Waals surface area (Å²) in [7, 11) is 0. The summed E-state index contributed by atoms with van der Waals surface area (Å²) in [6.07, 6.45) is 0. The molecule has 7 heteroatoms. The first-order valence-electron chi connectivity index (χ1n) is 4.50. The summed E-state index contributed by atoms with van der Waals surface area (Å²) in [5.74, 6) is 0.380. The Morgan fingerprint density at radius 3 is 2.40 bits per heavy atom. The molecule has 80 valence electrons. The smallest absolute Gasteiger partial charge is 0.288 e. The van der Waals surface area contributed by atoms with Crippen LogP contribution in [0.3, 0.4) is 0 Å². The van der Waals surface area contributed by atoms with Gasteiger partial charge in [0.1, 0.15) is 5.82 Å². The van der Waals surface area contributed by atoms with Gasteiger partial charge in [-0.1, -0.05) is 13.8 Å². The molecule has 0 aliphatic heterocycles. The molecule has 0 unspecified atom stereocenters. The van der Waals surface area contributed by atoms with Crippen molar-refractivity contribution in [2.75, 3.05) is 0 Å². The first kappa shape index (κ1) is 11.0. The van der Waals surface area contributed by atoms with Gasteiger partial charge in [-0.05, 0) is 6.92 Å². The highest BCUT2D eigenvalue weighted by molar-refractivity contribution is 5.66. The molecule has 0 bridgehead atoms. The number of nitrogens with zero attached hydrogens (tertiary/aromatic N) is 3. The fourth-order valence-corrected chi connectivity index (χ4v) is 0.950. The van der Waals surface area contributed by atoms with E-state index in [2.05, 4.69) is 20.2 Å². The minimum atomic E-state index is -0.613. The van der Waals surface area contributed by atoms with Crippen molar-refractivity contribution >= 4 is 11.2 Å². The van der Waals surface area contributed by atoms with Crippen LogP contribution in [0, 0.1) is 6.92 Å². The lowest BCUT2D eigenvalue weighted by Crippen LogP contribution is -2.23. The molecule has 0 fully saturated rings. The molecule has 2 aromatic rings. The second-order valence-corrected chi connectivity index (χ2v) is 2.46. The summed E-state index contributed by atoms with van der Waals surface area (Å²) < 4.78 is 0. The van der Waals surface area contributed by atoms with Crippen molar-refractivity contribution in [2.24, 2.45) is 0 Å². The number of aryl methyl sites for hydroxylation is 1.